The molecule has 1 aromatic carbocycles. The van der Waals surface area contributed by atoms with Crippen LogP contribution in [0.2, 0.25) is 0 Å². The average molecular weight is 430 g/mol. The fourth-order valence-electron chi connectivity index (χ4n) is 3.28. The third-order valence-electron chi connectivity index (χ3n) is 5.03. The lowest BCUT2D eigenvalue weighted by Crippen LogP contribution is -2.44. The molecular weight excluding hydrogens is 402 g/mol. The molecule has 0 radical (unpaired) electrons. The summed E-state index contributed by atoms with van der Waals surface area (Å²) in [5.41, 5.74) is 1.53. The highest BCUT2D eigenvalue weighted by Crippen LogP contribution is 2.28. The van der Waals surface area contributed by atoms with Gasteiger partial charge in [0, 0.05) is 38.3 Å². The molecule has 0 amide bonds. The van der Waals surface area contributed by atoms with E-state index < -0.39 is 10.0 Å². The van der Waals surface area contributed by atoms with Gasteiger partial charge >= 0.3 is 0 Å². The summed E-state index contributed by atoms with van der Waals surface area (Å²) in [6.07, 6.45) is 0. The summed E-state index contributed by atoms with van der Waals surface area (Å²) >= 11 is 0. The van der Waals surface area contributed by atoms with Gasteiger partial charge in [0.05, 0.1) is 10.9 Å². The van der Waals surface area contributed by atoms with E-state index in [9.17, 15) is 8.42 Å². The fourth-order valence-corrected chi connectivity index (χ4v) is 4.76. The highest BCUT2D eigenvalue weighted by Gasteiger charge is 2.27. The molecule has 1 aromatic heterocycles. The zero-order valence-corrected chi connectivity index (χ0v) is 18.3. The summed E-state index contributed by atoms with van der Waals surface area (Å²) in [7, 11) is -1.51. The van der Waals surface area contributed by atoms with Gasteiger partial charge < -0.3 is 9.84 Å². The lowest BCUT2D eigenvalue weighted by atomic mass is 10.1. The third-order valence-corrected chi connectivity index (χ3v) is 7.08. The molecule has 0 bridgehead atoms. The number of hydrogen-bond donors (Lipinski definition) is 1. The Labute approximate surface area is 172 Å². The predicted molar refractivity (Wildman–Crippen MR) is 110 cm³/mol. The van der Waals surface area contributed by atoms with Crippen molar-refractivity contribution in [2.24, 2.45) is 0 Å². The molecule has 1 N–H and O–H groups in total. The molecule has 3 rings (SSSR count). The van der Waals surface area contributed by atoms with Gasteiger partial charge in [-0.3, -0.25) is 4.90 Å². The van der Waals surface area contributed by atoms with Gasteiger partial charge in [-0.25, -0.2) is 8.42 Å². The molecule has 1 atom stereocenters. The molecule has 1 aliphatic rings. The molecule has 8 nitrogen and oxygen atoms in total. The smallest absolute Gasteiger partial charge is 0.258 e. The van der Waals surface area contributed by atoms with E-state index in [1.54, 1.807) is 18.2 Å². The summed E-state index contributed by atoms with van der Waals surface area (Å²) in [5, 5.41) is 7.47. The minimum atomic E-state index is -3.55. The van der Waals surface area contributed by atoms with Gasteiger partial charge in [0.15, 0.2) is 5.82 Å². The van der Waals surface area contributed by atoms with Crippen molar-refractivity contribution in [3.63, 3.8) is 0 Å². The Bertz CT molecular complexity index is 898. The zero-order valence-electron chi connectivity index (χ0n) is 16.7. The monoisotopic (exact) mass is 429 g/mol. The van der Waals surface area contributed by atoms with Crippen molar-refractivity contribution in [1.82, 2.24) is 24.7 Å². The van der Waals surface area contributed by atoms with Crippen molar-refractivity contribution in [2.75, 3.05) is 39.8 Å². The highest BCUT2D eigenvalue weighted by molar-refractivity contribution is 7.89. The summed E-state index contributed by atoms with van der Waals surface area (Å²) in [6, 6.07) is 5.08. The van der Waals surface area contributed by atoms with E-state index in [2.05, 4.69) is 20.4 Å². The van der Waals surface area contributed by atoms with Gasteiger partial charge in [-0.15, -0.1) is 12.4 Å². The summed E-state index contributed by atoms with van der Waals surface area (Å²) in [4.78, 5) is 6.97. The van der Waals surface area contributed by atoms with E-state index in [-0.39, 0.29) is 23.3 Å². The van der Waals surface area contributed by atoms with Crippen LogP contribution in [0, 0.1) is 6.92 Å². The standard InChI is InChI=1S/C18H27N5O3S.ClH/c1-5-23(6-2)27(24,25)14-8-7-13(3)15(11-14)18-20-17(21-26-18)16-12-19-9-10-22(16)4;/h7-8,11,16,19H,5-6,9-10,12H2,1-4H3;1H. The Balaban J connectivity index is 0.00000280. The van der Waals surface area contributed by atoms with Gasteiger partial charge in [-0.2, -0.15) is 9.29 Å². The molecule has 156 valence electrons. The second-order valence-electron chi connectivity index (χ2n) is 6.72. The second-order valence-corrected chi connectivity index (χ2v) is 8.66. The van der Waals surface area contributed by atoms with E-state index >= 15 is 0 Å². The van der Waals surface area contributed by atoms with Gasteiger partial charge in [-0.1, -0.05) is 25.1 Å². The quantitative estimate of drug-likeness (QED) is 0.751. The summed E-state index contributed by atoms with van der Waals surface area (Å²) < 4.78 is 32.6. The normalized spacial score (nSPS) is 18.2. The van der Waals surface area contributed by atoms with Crippen molar-refractivity contribution in [1.29, 1.82) is 0 Å². The topological polar surface area (TPSA) is 91.6 Å². The SMILES string of the molecule is CCN(CC)S(=O)(=O)c1ccc(C)c(-c2nc(C3CNCCN3C)no2)c1.Cl. The van der Waals surface area contributed by atoms with Crippen LogP contribution in [0.25, 0.3) is 11.5 Å². The molecule has 1 fully saturated rings. The minimum Gasteiger partial charge on any atom is -0.334 e. The minimum absolute atomic E-state index is 0. The zero-order chi connectivity index (χ0) is 19.6. The first-order valence-electron chi connectivity index (χ1n) is 9.24. The van der Waals surface area contributed by atoms with Crippen LogP contribution in [-0.4, -0.2) is 67.5 Å². The summed E-state index contributed by atoms with van der Waals surface area (Å²) in [6.45, 7) is 9.01. The lowest BCUT2D eigenvalue weighted by Gasteiger charge is -2.30. The molecule has 10 heteroatoms. The molecule has 2 aromatic rings. The van der Waals surface area contributed by atoms with Crippen LogP contribution in [0.1, 0.15) is 31.3 Å². The first kappa shape index (κ1) is 22.8. The molecule has 1 saturated heterocycles. The van der Waals surface area contributed by atoms with Crippen LogP contribution in [0.3, 0.4) is 0 Å². The maximum Gasteiger partial charge on any atom is 0.258 e. The number of nitrogens with one attached hydrogen (secondary N) is 1. The van der Waals surface area contributed by atoms with E-state index in [4.69, 9.17) is 4.52 Å². The van der Waals surface area contributed by atoms with Crippen molar-refractivity contribution >= 4 is 22.4 Å². The number of nitrogens with zero attached hydrogens (tertiary/aromatic N) is 4. The Hall–Kier alpha value is -1.52. The molecule has 2 heterocycles. The van der Waals surface area contributed by atoms with Crippen LogP contribution in [0.5, 0.6) is 0 Å². The largest absolute Gasteiger partial charge is 0.334 e. The number of piperazine rings is 1. The Morgan fingerprint density at radius 1 is 1.32 bits per heavy atom. The number of likely N-dealkylation sites (N-methyl/N-ethyl adjacent to an activating group) is 1. The molecule has 1 unspecified atom stereocenters. The second kappa shape index (κ2) is 9.32. The summed E-state index contributed by atoms with van der Waals surface area (Å²) in [5.74, 6) is 0.953. The van der Waals surface area contributed by atoms with E-state index in [0.29, 0.717) is 30.4 Å². The fraction of sp³-hybridized carbons (Fsp3) is 0.556. The number of hydrogen-bond acceptors (Lipinski definition) is 7. The van der Waals surface area contributed by atoms with Crippen LogP contribution >= 0.6 is 12.4 Å². The first-order chi connectivity index (χ1) is 12.9. The van der Waals surface area contributed by atoms with Gasteiger partial charge in [0.25, 0.3) is 5.89 Å². The number of aromatic nitrogens is 2. The Morgan fingerprint density at radius 3 is 2.68 bits per heavy atom. The maximum atomic E-state index is 12.8. The molecular formula is C18H28ClN5O3S. The molecule has 0 saturated carbocycles. The van der Waals surface area contributed by atoms with E-state index in [1.165, 1.54) is 4.31 Å². The first-order valence-corrected chi connectivity index (χ1v) is 10.7. The highest BCUT2D eigenvalue weighted by atomic mass is 35.5. The van der Waals surface area contributed by atoms with Crippen molar-refractivity contribution < 1.29 is 12.9 Å². The van der Waals surface area contributed by atoms with E-state index in [0.717, 1.165) is 25.2 Å². The molecule has 0 aliphatic carbocycles. The number of aryl methyl sites for hydroxylation is 1. The number of benzene rings is 1. The van der Waals surface area contributed by atoms with Gasteiger partial charge in [-0.05, 0) is 31.7 Å². The van der Waals surface area contributed by atoms with Crippen LogP contribution in [0.15, 0.2) is 27.6 Å². The van der Waals surface area contributed by atoms with Crippen LogP contribution in [-0.2, 0) is 10.0 Å². The predicted octanol–water partition coefficient (Wildman–Crippen LogP) is 2.07. The van der Waals surface area contributed by atoms with Crippen molar-refractivity contribution in [3.8, 4) is 11.5 Å². The van der Waals surface area contributed by atoms with Gasteiger partial charge in [0.1, 0.15) is 0 Å². The maximum absolute atomic E-state index is 12.8. The van der Waals surface area contributed by atoms with Crippen molar-refractivity contribution in [2.45, 2.75) is 31.7 Å². The van der Waals surface area contributed by atoms with Crippen LogP contribution in [0.4, 0.5) is 0 Å². The Morgan fingerprint density at radius 2 is 2.04 bits per heavy atom. The molecule has 0 spiro atoms. The number of rotatable bonds is 6. The number of halogens is 1. The van der Waals surface area contributed by atoms with Gasteiger partial charge in [0.2, 0.25) is 10.0 Å². The van der Waals surface area contributed by atoms with E-state index in [1.807, 2.05) is 27.8 Å². The lowest BCUT2D eigenvalue weighted by molar-refractivity contribution is 0.190. The molecule has 28 heavy (non-hydrogen) atoms. The average Bonchev–Trinajstić information content (AvgIpc) is 3.12. The van der Waals surface area contributed by atoms with Crippen molar-refractivity contribution in [3.05, 3.63) is 29.6 Å². The third kappa shape index (κ3) is 4.38. The Kier molecular flexibility index (Phi) is 7.58. The van der Waals surface area contributed by atoms with Crippen LogP contribution < -0.4 is 5.32 Å². The molecule has 1 aliphatic heterocycles. The number of sulfonamides is 1.